The summed E-state index contributed by atoms with van der Waals surface area (Å²) in [6.07, 6.45) is -0.854. The number of piperazine rings is 1. The number of benzene rings is 1. The highest BCUT2D eigenvalue weighted by molar-refractivity contribution is 5.97. The minimum Gasteiger partial charge on any atom is -0.493 e. The molecule has 12 nitrogen and oxygen atoms in total. The lowest BCUT2D eigenvalue weighted by Gasteiger charge is -2.35. The van der Waals surface area contributed by atoms with Crippen molar-refractivity contribution in [2.75, 3.05) is 32.8 Å². The Labute approximate surface area is 215 Å². The SMILES string of the molecule is CCOC(=O)N1CCN(C(=O)C(CC(=O)OC(C)(C)C)NC(=O)c2cc(O)n(-c3ccccc3)n2)CC1. The number of aromatic hydroxyl groups is 1. The molecular formula is C25H33N5O7. The number of rotatable bonds is 7. The number of nitrogens with zero attached hydrogens (tertiary/aromatic N) is 4. The predicted octanol–water partition coefficient (Wildman–Crippen LogP) is 1.71. The van der Waals surface area contributed by atoms with Crippen LogP contribution in [0.15, 0.2) is 36.4 Å². The van der Waals surface area contributed by atoms with E-state index in [4.69, 9.17) is 9.47 Å². The van der Waals surface area contributed by atoms with E-state index in [0.717, 1.165) is 0 Å². The first-order chi connectivity index (χ1) is 17.5. The molecule has 0 radical (unpaired) electrons. The molecule has 200 valence electrons. The van der Waals surface area contributed by atoms with Crippen LogP contribution in [0.3, 0.4) is 0 Å². The van der Waals surface area contributed by atoms with Gasteiger partial charge in [-0.05, 0) is 39.8 Å². The molecule has 2 aromatic rings. The van der Waals surface area contributed by atoms with Crippen molar-refractivity contribution < 1.29 is 33.8 Å². The van der Waals surface area contributed by atoms with Crippen molar-refractivity contribution in [3.8, 4) is 11.6 Å². The lowest BCUT2D eigenvalue weighted by atomic mass is 10.1. The number of amides is 3. The third-order valence-electron chi connectivity index (χ3n) is 5.44. The second-order valence-electron chi connectivity index (χ2n) is 9.46. The Morgan fingerprint density at radius 3 is 2.27 bits per heavy atom. The van der Waals surface area contributed by atoms with E-state index in [1.165, 1.54) is 20.5 Å². The Morgan fingerprint density at radius 2 is 1.68 bits per heavy atom. The second kappa shape index (κ2) is 11.8. The van der Waals surface area contributed by atoms with Gasteiger partial charge in [-0.1, -0.05) is 18.2 Å². The van der Waals surface area contributed by atoms with E-state index in [9.17, 15) is 24.3 Å². The number of carbonyl (C=O) groups excluding carboxylic acids is 4. The van der Waals surface area contributed by atoms with E-state index in [1.54, 1.807) is 58.0 Å². The molecular weight excluding hydrogens is 482 g/mol. The number of para-hydroxylation sites is 1. The smallest absolute Gasteiger partial charge is 0.409 e. The molecule has 0 saturated carbocycles. The van der Waals surface area contributed by atoms with Gasteiger partial charge in [-0.3, -0.25) is 14.4 Å². The van der Waals surface area contributed by atoms with Crippen LogP contribution in [0.25, 0.3) is 5.69 Å². The van der Waals surface area contributed by atoms with Gasteiger partial charge in [0, 0.05) is 32.2 Å². The van der Waals surface area contributed by atoms with Gasteiger partial charge in [-0.15, -0.1) is 0 Å². The Bertz CT molecular complexity index is 1120. The zero-order chi connectivity index (χ0) is 27.2. The fourth-order valence-corrected chi connectivity index (χ4v) is 3.77. The molecule has 12 heteroatoms. The van der Waals surface area contributed by atoms with Crippen LogP contribution in [-0.2, 0) is 19.1 Å². The molecule has 1 atom stereocenters. The van der Waals surface area contributed by atoms with Crippen LogP contribution >= 0.6 is 0 Å². The topological polar surface area (TPSA) is 143 Å². The zero-order valence-corrected chi connectivity index (χ0v) is 21.5. The van der Waals surface area contributed by atoms with Crippen molar-refractivity contribution in [1.82, 2.24) is 24.9 Å². The highest BCUT2D eigenvalue weighted by Crippen LogP contribution is 2.18. The van der Waals surface area contributed by atoms with E-state index in [0.29, 0.717) is 5.69 Å². The van der Waals surface area contributed by atoms with E-state index in [-0.39, 0.29) is 44.4 Å². The number of aromatic nitrogens is 2. The molecule has 3 rings (SSSR count). The number of hydrogen-bond donors (Lipinski definition) is 2. The lowest BCUT2D eigenvalue weighted by molar-refractivity contribution is -0.157. The molecule has 1 aromatic heterocycles. The van der Waals surface area contributed by atoms with Crippen LogP contribution in [0, 0.1) is 0 Å². The Kier molecular flexibility index (Phi) is 8.74. The van der Waals surface area contributed by atoms with E-state index < -0.39 is 41.9 Å². The summed E-state index contributed by atoms with van der Waals surface area (Å²) in [5.41, 5.74) is -0.365. The van der Waals surface area contributed by atoms with Gasteiger partial charge < -0.3 is 29.7 Å². The van der Waals surface area contributed by atoms with Crippen molar-refractivity contribution in [1.29, 1.82) is 0 Å². The summed E-state index contributed by atoms with van der Waals surface area (Å²) in [7, 11) is 0. The predicted molar refractivity (Wildman–Crippen MR) is 132 cm³/mol. The fourth-order valence-electron chi connectivity index (χ4n) is 3.77. The maximum absolute atomic E-state index is 13.4. The van der Waals surface area contributed by atoms with Crippen LogP contribution in [0.2, 0.25) is 0 Å². The maximum Gasteiger partial charge on any atom is 0.409 e. The Hall–Kier alpha value is -4.09. The van der Waals surface area contributed by atoms with Gasteiger partial charge in [0.05, 0.1) is 18.7 Å². The average molecular weight is 516 g/mol. The van der Waals surface area contributed by atoms with Crippen LogP contribution in [0.5, 0.6) is 5.88 Å². The number of ether oxygens (including phenoxy) is 2. The van der Waals surface area contributed by atoms with Gasteiger partial charge >= 0.3 is 12.1 Å². The molecule has 1 saturated heterocycles. The van der Waals surface area contributed by atoms with Gasteiger partial charge in [0.2, 0.25) is 11.8 Å². The second-order valence-corrected chi connectivity index (χ2v) is 9.46. The molecule has 2 heterocycles. The first-order valence-corrected chi connectivity index (χ1v) is 12.1. The van der Waals surface area contributed by atoms with Crippen molar-refractivity contribution >= 4 is 23.9 Å². The average Bonchev–Trinajstić information content (AvgIpc) is 3.24. The minimum absolute atomic E-state index is 0.129. The molecule has 1 aliphatic rings. The summed E-state index contributed by atoms with van der Waals surface area (Å²) in [5, 5.41) is 17.0. The Balaban J connectivity index is 1.75. The molecule has 0 aliphatic carbocycles. The zero-order valence-electron chi connectivity index (χ0n) is 21.5. The standard InChI is InChI=1S/C25H33N5O7/c1-5-36-24(35)29-13-11-28(12-14-29)23(34)19(16-21(32)37-25(2,3)4)26-22(33)18-15-20(31)30(27-18)17-9-7-6-8-10-17/h6-10,15,19,31H,5,11-14,16H2,1-4H3,(H,26,33). The highest BCUT2D eigenvalue weighted by atomic mass is 16.6. The summed E-state index contributed by atoms with van der Waals surface area (Å²) >= 11 is 0. The summed E-state index contributed by atoms with van der Waals surface area (Å²) in [4.78, 5) is 53.9. The quantitative estimate of drug-likeness (QED) is 0.531. The summed E-state index contributed by atoms with van der Waals surface area (Å²) in [6.45, 7) is 8.00. The van der Waals surface area contributed by atoms with Gasteiger partial charge in [0.15, 0.2) is 5.69 Å². The molecule has 3 amide bonds. The largest absolute Gasteiger partial charge is 0.493 e. The molecule has 37 heavy (non-hydrogen) atoms. The van der Waals surface area contributed by atoms with Crippen LogP contribution in [0.1, 0.15) is 44.6 Å². The Morgan fingerprint density at radius 1 is 1.05 bits per heavy atom. The van der Waals surface area contributed by atoms with Crippen LogP contribution < -0.4 is 5.32 Å². The number of hydrogen-bond acceptors (Lipinski definition) is 8. The molecule has 1 aromatic carbocycles. The summed E-state index contributed by atoms with van der Waals surface area (Å²) < 4.78 is 11.6. The van der Waals surface area contributed by atoms with Gasteiger partial charge in [-0.25, -0.2) is 9.48 Å². The van der Waals surface area contributed by atoms with E-state index in [1.807, 2.05) is 0 Å². The maximum atomic E-state index is 13.4. The molecule has 2 N–H and O–H groups in total. The van der Waals surface area contributed by atoms with Crippen LogP contribution in [-0.4, -0.2) is 93.0 Å². The van der Waals surface area contributed by atoms with Crippen LogP contribution in [0.4, 0.5) is 4.79 Å². The van der Waals surface area contributed by atoms with Gasteiger partial charge in [0.1, 0.15) is 11.6 Å². The summed E-state index contributed by atoms with van der Waals surface area (Å²) in [5.74, 6) is -2.15. The number of carbonyl (C=O) groups is 4. The minimum atomic E-state index is -1.24. The molecule has 0 spiro atoms. The van der Waals surface area contributed by atoms with Crippen molar-refractivity contribution in [3.63, 3.8) is 0 Å². The third-order valence-corrected chi connectivity index (χ3v) is 5.44. The summed E-state index contributed by atoms with van der Waals surface area (Å²) in [6, 6.07) is 8.67. The van der Waals surface area contributed by atoms with E-state index in [2.05, 4.69) is 10.4 Å². The fraction of sp³-hybridized carbons (Fsp3) is 0.480. The molecule has 0 bridgehead atoms. The normalized spacial score (nSPS) is 14.6. The van der Waals surface area contributed by atoms with Crippen molar-refractivity contribution in [2.45, 2.75) is 45.8 Å². The highest BCUT2D eigenvalue weighted by Gasteiger charge is 2.33. The monoisotopic (exact) mass is 515 g/mol. The molecule has 1 fully saturated rings. The number of esters is 1. The number of nitrogens with one attached hydrogen (secondary N) is 1. The van der Waals surface area contributed by atoms with Gasteiger partial charge in [-0.2, -0.15) is 5.10 Å². The lowest BCUT2D eigenvalue weighted by Crippen LogP contribution is -2.56. The van der Waals surface area contributed by atoms with E-state index >= 15 is 0 Å². The van der Waals surface area contributed by atoms with Gasteiger partial charge in [0.25, 0.3) is 5.91 Å². The van der Waals surface area contributed by atoms with Crippen molar-refractivity contribution in [3.05, 3.63) is 42.1 Å². The van der Waals surface area contributed by atoms with Crippen molar-refractivity contribution in [2.24, 2.45) is 0 Å². The molecule has 1 aliphatic heterocycles. The molecule has 1 unspecified atom stereocenters. The third kappa shape index (κ3) is 7.45. The first-order valence-electron chi connectivity index (χ1n) is 12.1. The first kappa shape index (κ1) is 27.5.